The van der Waals surface area contributed by atoms with Crippen molar-refractivity contribution in [3.63, 3.8) is 0 Å². The predicted molar refractivity (Wildman–Crippen MR) is 109 cm³/mol. The van der Waals surface area contributed by atoms with Crippen molar-refractivity contribution < 1.29 is 14.3 Å². The smallest absolute Gasteiger partial charge is 0.410 e. The lowest BCUT2D eigenvalue weighted by molar-refractivity contribution is 0.0714. The zero-order valence-corrected chi connectivity index (χ0v) is 15.7. The molecule has 4 heteroatoms. The molecule has 4 nitrogen and oxygen atoms in total. The number of carbonyl (C=O) groups is 2. The molecular formula is C24H23NO3. The van der Waals surface area contributed by atoms with Gasteiger partial charge in [0.1, 0.15) is 6.61 Å². The van der Waals surface area contributed by atoms with Gasteiger partial charge in [-0.3, -0.25) is 4.79 Å². The first-order valence-corrected chi connectivity index (χ1v) is 9.70. The van der Waals surface area contributed by atoms with Crippen molar-refractivity contribution in [3.8, 4) is 0 Å². The van der Waals surface area contributed by atoms with Gasteiger partial charge in [0.15, 0.2) is 5.78 Å². The lowest BCUT2D eigenvalue weighted by atomic mass is 9.87. The quantitative estimate of drug-likeness (QED) is 0.600. The molecule has 0 saturated carbocycles. The Morgan fingerprint density at radius 2 is 1.54 bits per heavy atom. The van der Waals surface area contributed by atoms with Crippen molar-refractivity contribution in [2.75, 3.05) is 13.1 Å². The Bertz CT molecular complexity index is 970. The number of amides is 1. The molecule has 3 aromatic rings. The zero-order chi connectivity index (χ0) is 19.3. The van der Waals surface area contributed by atoms with Gasteiger partial charge in [-0.2, -0.15) is 0 Å². The first-order chi connectivity index (χ1) is 13.7. The van der Waals surface area contributed by atoms with E-state index in [0.717, 1.165) is 21.9 Å². The van der Waals surface area contributed by atoms with Crippen LogP contribution in [0.3, 0.4) is 0 Å². The van der Waals surface area contributed by atoms with E-state index in [4.69, 9.17) is 4.74 Å². The number of ketones is 1. The van der Waals surface area contributed by atoms with Crippen LogP contribution in [0, 0.1) is 5.92 Å². The van der Waals surface area contributed by atoms with Crippen molar-refractivity contribution in [3.05, 3.63) is 83.9 Å². The third-order valence-corrected chi connectivity index (χ3v) is 5.38. The van der Waals surface area contributed by atoms with Crippen molar-refractivity contribution in [1.82, 2.24) is 4.90 Å². The minimum atomic E-state index is -0.306. The molecule has 1 saturated heterocycles. The average molecular weight is 373 g/mol. The van der Waals surface area contributed by atoms with Crippen molar-refractivity contribution >= 4 is 22.6 Å². The summed E-state index contributed by atoms with van der Waals surface area (Å²) < 4.78 is 5.41. The molecule has 0 aliphatic carbocycles. The monoisotopic (exact) mass is 373 g/mol. The largest absolute Gasteiger partial charge is 0.445 e. The summed E-state index contributed by atoms with van der Waals surface area (Å²) in [6.07, 6.45) is 1.03. The maximum atomic E-state index is 13.1. The summed E-state index contributed by atoms with van der Waals surface area (Å²) >= 11 is 0. The Kier molecular flexibility index (Phi) is 5.38. The Morgan fingerprint density at radius 3 is 2.32 bits per heavy atom. The number of fused-ring (bicyclic) bond motifs is 1. The molecule has 0 spiro atoms. The van der Waals surface area contributed by atoms with Crippen LogP contribution in [0.15, 0.2) is 72.8 Å². The fraction of sp³-hybridized carbons (Fsp3) is 0.250. The maximum Gasteiger partial charge on any atom is 0.410 e. The van der Waals surface area contributed by atoms with E-state index in [2.05, 4.69) is 0 Å². The first kappa shape index (κ1) is 18.2. The summed E-state index contributed by atoms with van der Waals surface area (Å²) in [7, 11) is 0. The number of hydrogen-bond donors (Lipinski definition) is 0. The number of benzene rings is 3. The standard InChI is InChI=1S/C24H23NO3/c26-23(22-12-6-10-19-9-4-5-11-21(19)22)20-13-15-25(16-14-20)24(27)28-17-18-7-2-1-3-8-18/h1-12,20H,13-17H2. The topological polar surface area (TPSA) is 46.6 Å². The molecule has 0 bridgehead atoms. The van der Waals surface area contributed by atoms with Crippen LogP contribution in [0.5, 0.6) is 0 Å². The number of carbonyl (C=O) groups excluding carboxylic acids is 2. The van der Waals surface area contributed by atoms with Gasteiger partial charge in [0.25, 0.3) is 0 Å². The molecule has 0 unspecified atom stereocenters. The lowest BCUT2D eigenvalue weighted by Crippen LogP contribution is -2.40. The van der Waals surface area contributed by atoms with Gasteiger partial charge in [-0.25, -0.2) is 4.79 Å². The van der Waals surface area contributed by atoms with E-state index in [9.17, 15) is 9.59 Å². The van der Waals surface area contributed by atoms with Crippen LogP contribution in [0.1, 0.15) is 28.8 Å². The number of nitrogens with zero attached hydrogens (tertiary/aromatic N) is 1. The minimum absolute atomic E-state index is 0.0519. The van der Waals surface area contributed by atoms with E-state index in [1.165, 1.54) is 0 Å². The van der Waals surface area contributed by atoms with Gasteiger partial charge in [0, 0.05) is 24.6 Å². The van der Waals surface area contributed by atoms with Crippen molar-refractivity contribution in [2.24, 2.45) is 5.92 Å². The van der Waals surface area contributed by atoms with E-state index in [1.807, 2.05) is 72.8 Å². The summed E-state index contributed by atoms with van der Waals surface area (Å²) in [5.74, 6) is 0.123. The van der Waals surface area contributed by atoms with E-state index < -0.39 is 0 Å². The van der Waals surface area contributed by atoms with Crippen LogP contribution < -0.4 is 0 Å². The summed E-state index contributed by atoms with van der Waals surface area (Å²) in [5.41, 5.74) is 1.75. The van der Waals surface area contributed by atoms with E-state index in [-0.39, 0.29) is 24.4 Å². The summed E-state index contributed by atoms with van der Waals surface area (Å²) in [6, 6.07) is 23.5. The lowest BCUT2D eigenvalue weighted by Gasteiger charge is -2.30. The molecule has 4 rings (SSSR count). The molecule has 0 radical (unpaired) electrons. The van der Waals surface area contributed by atoms with Crippen LogP contribution in [-0.2, 0) is 11.3 Å². The van der Waals surface area contributed by atoms with E-state index in [1.54, 1.807) is 4.90 Å². The average Bonchev–Trinajstić information content (AvgIpc) is 2.77. The number of rotatable bonds is 4. The molecule has 142 valence electrons. The molecule has 1 fully saturated rings. The van der Waals surface area contributed by atoms with Gasteiger partial charge >= 0.3 is 6.09 Å². The van der Waals surface area contributed by atoms with Crippen molar-refractivity contribution in [2.45, 2.75) is 19.4 Å². The molecule has 0 aromatic heterocycles. The molecule has 0 N–H and O–H groups in total. The van der Waals surface area contributed by atoms with Crippen LogP contribution in [-0.4, -0.2) is 29.9 Å². The van der Waals surface area contributed by atoms with Gasteiger partial charge in [0.2, 0.25) is 0 Å². The van der Waals surface area contributed by atoms with Gasteiger partial charge in [-0.15, -0.1) is 0 Å². The van der Waals surface area contributed by atoms with Crippen LogP contribution in [0.25, 0.3) is 10.8 Å². The fourth-order valence-corrected chi connectivity index (χ4v) is 3.80. The van der Waals surface area contributed by atoms with Gasteiger partial charge in [-0.05, 0) is 29.2 Å². The molecule has 0 atom stereocenters. The highest BCUT2D eigenvalue weighted by Crippen LogP contribution is 2.26. The second-order valence-corrected chi connectivity index (χ2v) is 7.19. The van der Waals surface area contributed by atoms with Gasteiger partial charge < -0.3 is 9.64 Å². The van der Waals surface area contributed by atoms with E-state index >= 15 is 0 Å². The summed E-state index contributed by atoms with van der Waals surface area (Å²) in [4.78, 5) is 27.1. The second-order valence-electron chi connectivity index (χ2n) is 7.19. The number of Topliss-reactive ketones (excluding diaryl/α,β-unsaturated/α-hetero) is 1. The molecule has 3 aromatic carbocycles. The molecular weight excluding hydrogens is 350 g/mol. The van der Waals surface area contributed by atoms with Crippen molar-refractivity contribution in [1.29, 1.82) is 0 Å². The Hall–Kier alpha value is -3.14. The number of ether oxygens (including phenoxy) is 1. The normalized spacial score (nSPS) is 14.8. The molecule has 28 heavy (non-hydrogen) atoms. The first-order valence-electron chi connectivity index (χ1n) is 9.70. The fourth-order valence-electron chi connectivity index (χ4n) is 3.80. The summed E-state index contributed by atoms with van der Waals surface area (Å²) in [5, 5.41) is 2.08. The van der Waals surface area contributed by atoms with Gasteiger partial charge in [0.05, 0.1) is 0 Å². The summed E-state index contributed by atoms with van der Waals surface area (Å²) in [6.45, 7) is 1.37. The number of piperidine rings is 1. The highest BCUT2D eigenvalue weighted by atomic mass is 16.6. The predicted octanol–water partition coefficient (Wildman–Crippen LogP) is 5.07. The SMILES string of the molecule is O=C(c1cccc2ccccc12)C1CCN(C(=O)OCc2ccccc2)CC1. The third-order valence-electron chi connectivity index (χ3n) is 5.38. The third kappa shape index (κ3) is 3.91. The highest BCUT2D eigenvalue weighted by Gasteiger charge is 2.29. The van der Waals surface area contributed by atoms with Crippen LogP contribution in [0.4, 0.5) is 4.79 Å². The second kappa shape index (κ2) is 8.26. The molecule has 1 heterocycles. The van der Waals surface area contributed by atoms with E-state index in [0.29, 0.717) is 25.9 Å². The Labute approximate surface area is 164 Å². The molecule has 1 aliphatic rings. The maximum absolute atomic E-state index is 13.1. The Morgan fingerprint density at radius 1 is 0.857 bits per heavy atom. The minimum Gasteiger partial charge on any atom is -0.445 e. The van der Waals surface area contributed by atoms with Crippen LogP contribution >= 0.6 is 0 Å². The Balaban J connectivity index is 1.36. The highest BCUT2D eigenvalue weighted by molar-refractivity contribution is 6.09. The van der Waals surface area contributed by atoms with Gasteiger partial charge in [-0.1, -0.05) is 72.8 Å². The molecule has 1 aliphatic heterocycles. The number of likely N-dealkylation sites (tertiary alicyclic amines) is 1. The zero-order valence-electron chi connectivity index (χ0n) is 15.7. The van der Waals surface area contributed by atoms with Crippen LogP contribution in [0.2, 0.25) is 0 Å². The molecule has 1 amide bonds. The number of hydrogen-bond acceptors (Lipinski definition) is 3.